The van der Waals surface area contributed by atoms with Crippen LogP contribution in [0.25, 0.3) is 0 Å². The number of ether oxygens (including phenoxy) is 1. The van der Waals surface area contributed by atoms with E-state index in [0.29, 0.717) is 13.0 Å². The third-order valence-electron chi connectivity index (χ3n) is 2.17. The molecule has 0 bridgehead atoms. The Bertz CT molecular complexity index is 497. The Labute approximate surface area is 108 Å². The number of rotatable bonds is 7. The maximum atomic E-state index is 11.7. The Morgan fingerprint density at radius 2 is 1.83 bits per heavy atom. The molecular formula is C13H16O4S. The van der Waals surface area contributed by atoms with E-state index in [1.165, 1.54) is 12.1 Å². The Kier molecular flexibility index (Phi) is 5.86. The molecule has 0 spiro atoms. The van der Waals surface area contributed by atoms with Crippen molar-refractivity contribution in [1.29, 1.82) is 0 Å². The zero-order valence-corrected chi connectivity index (χ0v) is 11.1. The van der Waals surface area contributed by atoms with E-state index in [1.807, 2.05) is 6.92 Å². The number of aryl methyl sites for hydroxylation is 1. The molecule has 0 fully saturated rings. The van der Waals surface area contributed by atoms with Gasteiger partial charge in [-0.15, -0.1) is 12.3 Å². The number of benzene rings is 1. The lowest BCUT2D eigenvalue weighted by molar-refractivity contribution is 0.106. The van der Waals surface area contributed by atoms with Gasteiger partial charge in [-0.3, -0.25) is 4.18 Å². The molecule has 0 amide bonds. The molecule has 0 N–H and O–H groups in total. The van der Waals surface area contributed by atoms with E-state index in [-0.39, 0.29) is 18.1 Å². The zero-order valence-electron chi connectivity index (χ0n) is 10.3. The lowest BCUT2D eigenvalue weighted by atomic mass is 10.2. The van der Waals surface area contributed by atoms with Crippen molar-refractivity contribution in [3.8, 4) is 12.3 Å². The topological polar surface area (TPSA) is 52.6 Å². The van der Waals surface area contributed by atoms with Crippen LogP contribution in [0.3, 0.4) is 0 Å². The van der Waals surface area contributed by atoms with Crippen LogP contribution in [0, 0.1) is 19.3 Å². The van der Waals surface area contributed by atoms with Gasteiger partial charge in [0.1, 0.15) is 0 Å². The van der Waals surface area contributed by atoms with Crippen LogP contribution in [-0.2, 0) is 19.0 Å². The fraction of sp³-hybridized carbons (Fsp3) is 0.385. The highest BCUT2D eigenvalue weighted by molar-refractivity contribution is 7.86. The van der Waals surface area contributed by atoms with Crippen molar-refractivity contribution in [2.45, 2.75) is 18.2 Å². The Balaban J connectivity index is 2.41. The van der Waals surface area contributed by atoms with Crippen LogP contribution in [-0.4, -0.2) is 28.2 Å². The largest absolute Gasteiger partial charge is 0.378 e. The van der Waals surface area contributed by atoms with Crippen molar-refractivity contribution in [3.63, 3.8) is 0 Å². The van der Waals surface area contributed by atoms with Crippen molar-refractivity contribution < 1.29 is 17.3 Å². The van der Waals surface area contributed by atoms with E-state index in [2.05, 4.69) is 5.92 Å². The monoisotopic (exact) mass is 268 g/mol. The van der Waals surface area contributed by atoms with Crippen molar-refractivity contribution in [2.75, 3.05) is 19.8 Å². The number of hydrogen-bond acceptors (Lipinski definition) is 4. The molecule has 1 aromatic rings. The van der Waals surface area contributed by atoms with Gasteiger partial charge in [-0.2, -0.15) is 8.42 Å². The first kappa shape index (κ1) is 14.7. The average Bonchev–Trinajstić information content (AvgIpc) is 2.34. The van der Waals surface area contributed by atoms with Crippen LogP contribution in [0.5, 0.6) is 0 Å². The number of hydrogen-bond donors (Lipinski definition) is 0. The zero-order chi connectivity index (χ0) is 13.4. The van der Waals surface area contributed by atoms with Gasteiger partial charge in [0, 0.05) is 6.42 Å². The van der Waals surface area contributed by atoms with Gasteiger partial charge in [-0.25, -0.2) is 0 Å². The highest BCUT2D eigenvalue weighted by atomic mass is 32.2. The predicted molar refractivity (Wildman–Crippen MR) is 68.6 cm³/mol. The van der Waals surface area contributed by atoms with Crippen LogP contribution in [0.1, 0.15) is 12.0 Å². The Morgan fingerprint density at radius 3 is 2.44 bits per heavy atom. The summed E-state index contributed by atoms with van der Waals surface area (Å²) < 4.78 is 33.4. The molecule has 0 aromatic heterocycles. The molecule has 0 aliphatic carbocycles. The summed E-state index contributed by atoms with van der Waals surface area (Å²) in [6.07, 6.45) is 5.55. The third-order valence-corrected chi connectivity index (χ3v) is 3.49. The lowest BCUT2D eigenvalue weighted by Crippen LogP contribution is -2.12. The summed E-state index contributed by atoms with van der Waals surface area (Å²) in [6.45, 7) is 2.48. The molecule has 5 heteroatoms. The quantitative estimate of drug-likeness (QED) is 0.429. The second kappa shape index (κ2) is 7.17. The second-order valence-electron chi connectivity index (χ2n) is 3.66. The van der Waals surface area contributed by atoms with Gasteiger partial charge in [0.05, 0.1) is 24.7 Å². The highest BCUT2D eigenvalue weighted by Crippen LogP contribution is 2.12. The SMILES string of the molecule is C#CCCOCCOS(=O)(=O)c1ccc(C)cc1. The van der Waals surface area contributed by atoms with Gasteiger partial charge < -0.3 is 4.74 Å². The first-order valence-electron chi connectivity index (χ1n) is 5.53. The first-order chi connectivity index (χ1) is 8.56. The molecule has 1 aromatic carbocycles. The molecule has 0 atom stereocenters. The fourth-order valence-corrected chi connectivity index (χ4v) is 2.10. The summed E-state index contributed by atoms with van der Waals surface area (Å²) >= 11 is 0. The molecule has 0 aliphatic heterocycles. The van der Waals surface area contributed by atoms with E-state index in [0.717, 1.165) is 5.56 Å². The fourth-order valence-electron chi connectivity index (χ4n) is 1.21. The van der Waals surface area contributed by atoms with Crippen LogP contribution in [0.4, 0.5) is 0 Å². The summed E-state index contributed by atoms with van der Waals surface area (Å²) in [5.41, 5.74) is 0.992. The molecule has 0 heterocycles. The summed E-state index contributed by atoms with van der Waals surface area (Å²) in [5, 5.41) is 0. The molecule has 4 nitrogen and oxygen atoms in total. The van der Waals surface area contributed by atoms with E-state index < -0.39 is 10.1 Å². The minimum Gasteiger partial charge on any atom is -0.378 e. The molecule has 0 saturated carbocycles. The maximum Gasteiger partial charge on any atom is 0.297 e. The van der Waals surface area contributed by atoms with Crippen molar-refractivity contribution in [3.05, 3.63) is 29.8 Å². The van der Waals surface area contributed by atoms with Crippen LogP contribution in [0.2, 0.25) is 0 Å². The summed E-state index contributed by atoms with van der Waals surface area (Å²) in [7, 11) is -3.69. The molecular weight excluding hydrogens is 252 g/mol. The van der Waals surface area contributed by atoms with E-state index in [4.69, 9.17) is 15.3 Å². The van der Waals surface area contributed by atoms with E-state index in [1.54, 1.807) is 12.1 Å². The van der Waals surface area contributed by atoms with Crippen molar-refractivity contribution >= 4 is 10.1 Å². The molecule has 0 unspecified atom stereocenters. The smallest absolute Gasteiger partial charge is 0.297 e. The van der Waals surface area contributed by atoms with Gasteiger partial charge in [-0.05, 0) is 19.1 Å². The standard InChI is InChI=1S/C13H16O4S/c1-3-4-9-16-10-11-17-18(14,15)13-7-5-12(2)6-8-13/h1,5-8H,4,9-11H2,2H3. The normalized spacial score (nSPS) is 11.1. The highest BCUT2D eigenvalue weighted by Gasteiger charge is 2.14. The van der Waals surface area contributed by atoms with Crippen molar-refractivity contribution in [2.24, 2.45) is 0 Å². The Morgan fingerprint density at radius 1 is 1.17 bits per heavy atom. The first-order valence-corrected chi connectivity index (χ1v) is 6.94. The summed E-state index contributed by atoms with van der Waals surface area (Å²) in [4.78, 5) is 0.150. The predicted octanol–water partition coefficient (Wildman–Crippen LogP) is 1.74. The van der Waals surface area contributed by atoms with Crippen LogP contribution in [0.15, 0.2) is 29.2 Å². The maximum absolute atomic E-state index is 11.7. The van der Waals surface area contributed by atoms with Crippen LogP contribution < -0.4 is 0 Å². The Hall–Kier alpha value is -1.35. The van der Waals surface area contributed by atoms with Gasteiger partial charge >= 0.3 is 0 Å². The van der Waals surface area contributed by atoms with Gasteiger partial charge in [0.2, 0.25) is 0 Å². The minimum absolute atomic E-state index is 0.0131. The molecule has 0 radical (unpaired) electrons. The third kappa shape index (κ3) is 4.88. The summed E-state index contributed by atoms with van der Waals surface area (Å²) in [6, 6.07) is 6.48. The molecule has 18 heavy (non-hydrogen) atoms. The minimum atomic E-state index is -3.69. The van der Waals surface area contributed by atoms with Gasteiger partial charge in [0.25, 0.3) is 10.1 Å². The average molecular weight is 268 g/mol. The van der Waals surface area contributed by atoms with E-state index in [9.17, 15) is 8.42 Å². The van der Waals surface area contributed by atoms with E-state index >= 15 is 0 Å². The number of terminal acetylenes is 1. The second-order valence-corrected chi connectivity index (χ2v) is 5.27. The van der Waals surface area contributed by atoms with Crippen LogP contribution >= 0.6 is 0 Å². The van der Waals surface area contributed by atoms with Gasteiger partial charge in [-0.1, -0.05) is 17.7 Å². The van der Waals surface area contributed by atoms with Crippen molar-refractivity contribution in [1.82, 2.24) is 0 Å². The molecule has 0 aliphatic rings. The molecule has 0 saturated heterocycles. The molecule has 1 rings (SSSR count). The lowest BCUT2D eigenvalue weighted by Gasteiger charge is -2.06. The van der Waals surface area contributed by atoms with Gasteiger partial charge in [0.15, 0.2) is 0 Å². The summed E-state index contributed by atoms with van der Waals surface area (Å²) in [5.74, 6) is 2.42. The molecule has 98 valence electrons.